The first-order chi connectivity index (χ1) is 12.1. The Labute approximate surface area is 151 Å². The van der Waals surface area contributed by atoms with Crippen molar-refractivity contribution in [1.82, 2.24) is 0 Å². The maximum atomic E-state index is 12.5. The van der Waals surface area contributed by atoms with Crippen LogP contribution in [0.2, 0.25) is 0 Å². The molecule has 0 aliphatic carbocycles. The van der Waals surface area contributed by atoms with Crippen LogP contribution < -0.4 is 16.7 Å². The van der Waals surface area contributed by atoms with Crippen molar-refractivity contribution in [3.63, 3.8) is 0 Å². The average Bonchev–Trinajstić information content (AvgIpc) is 2.68. The second-order valence-electron chi connectivity index (χ2n) is 5.08. The van der Waals surface area contributed by atoms with Gasteiger partial charge in [0, 0.05) is 5.56 Å². The molecule has 0 saturated heterocycles. The van der Waals surface area contributed by atoms with E-state index in [-0.39, 0.29) is 11.5 Å². The topological polar surface area (TPSA) is 84.7 Å². The van der Waals surface area contributed by atoms with Crippen LogP contribution in [0.25, 0.3) is 12.2 Å². The highest BCUT2D eigenvalue weighted by atomic mass is 32.2. The summed E-state index contributed by atoms with van der Waals surface area (Å²) in [6.45, 7) is 7.51. The number of para-hydroxylation sites is 1. The lowest BCUT2D eigenvalue weighted by molar-refractivity contribution is 0.102. The number of nitrogens with zero attached hydrogens (tertiary/aromatic N) is 2. The van der Waals surface area contributed by atoms with E-state index in [9.17, 15) is 4.79 Å². The predicted molar refractivity (Wildman–Crippen MR) is 108 cm³/mol. The van der Waals surface area contributed by atoms with Gasteiger partial charge < -0.3 is 5.84 Å². The van der Waals surface area contributed by atoms with Gasteiger partial charge in [-0.15, -0.1) is 0 Å². The van der Waals surface area contributed by atoms with Crippen molar-refractivity contribution in [1.29, 1.82) is 0 Å². The number of nitrogens with two attached hydrogens (primary N) is 2. The summed E-state index contributed by atoms with van der Waals surface area (Å²) in [6.07, 6.45) is 3.43. The zero-order chi connectivity index (χ0) is 18.2. The molecule has 0 amide bonds. The zero-order valence-corrected chi connectivity index (χ0v) is 14.6. The van der Waals surface area contributed by atoms with Crippen molar-refractivity contribution in [3.05, 3.63) is 78.4 Å². The fourth-order valence-electron chi connectivity index (χ4n) is 2.19. The Hall–Kier alpha value is -2.83. The molecule has 0 atom stereocenters. The number of thioether (sulfide) groups is 1. The van der Waals surface area contributed by atoms with Crippen molar-refractivity contribution < 1.29 is 4.79 Å². The summed E-state index contributed by atoms with van der Waals surface area (Å²) in [6, 6.07) is 14.7. The molecule has 0 fully saturated rings. The molecule has 128 valence electrons. The predicted octanol–water partition coefficient (Wildman–Crippen LogP) is 3.50. The molecule has 0 heterocycles. The fraction of sp³-hybridized carbons (Fsp3) is 0.0526. The van der Waals surface area contributed by atoms with Gasteiger partial charge in [0.25, 0.3) is 0 Å². The first kappa shape index (κ1) is 18.5. The minimum Gasteiger partial charge on any atom is -0.321 e. The molecule has 0 bridgehead atoms. The molecule has 2 rings (SSSR count). The number of hydrazine groups is 1. The number of Topliss-reactive ketones (excluding diaryl/α,β-unsaturated/α-hetero) is 1. The van der Waals surface area contributed by atoms with Crippen LogP contribution >= 0.6 is 11.8 Å². The maximum absolute atomic E-state index is 12.5. The lowest BCUT2D eigenvalue weighted by Gasteiger charge is -2.19. The molecule has 0 radical (unpaired) electrons. The highest BCUT2D eigenvalue weighted by Crippen LogP contribution is 2.19. The number of amidine groups is 1. The molecule has 0 aromatic heterocycles. The minimum atomic E-state index is -0.0497. The second kappa shape index (κ2) is 8.86. The Balaban J connectivity index is 2.08. The molecule has 0 unspecified atom stereocenters. The van der Waals surface area contributed by atoms with Gasteiger partial charge in [-0.2, -0.15) is 5.10 Å². The quantitative estimate of drug-likeness (QED) is 0.273. The van der Waals surface area contributed by atoms with Gasteiger partial charge in [-0.1, -0.05) is 67.4 Å². The Morgan fingerprint density at radius 2 is 1.80 bits per heavy atom. The normalized spacial score (nSPS) is 11.0. The first-order valence-electron chi connectivity index (χ1n) is 7.53. The molecule has 0 spiro atoms. The van der Waals surface area contributed by atoms with E-state index in [1.807, 2.05) is 36.4 Å². The van der Waals surface area contributed by atoms with Gasteiger partial charge in [-0.05, 0) is 29.3 Å². The standard InChI is InChI=1S/C19H20N4OS/c1-3-14-10-11-16(12-15(14)4-2)18(24)13-25-19(22-20)23(21)17-8-6-5-7-9-17/h3-12H,1-2,13,20-21H2/b22-19+. The van der Waals surface area contributed by atoms with Gasteiger partial charge in [-0.25, -0.2) is 5.84 Å². The summed E-state index contributed by atoms with van der Waals surface area (Å²) >= 11 is 1.18. The highest BCUT2D eigenvalue weighted by Gasteiger charge is 2.14. The molecule has 0 saturated carbocycles. The summed E-state index contributed by atoms with van der Waals surface area (Å²) in [5, 5.41) is 5.40. The molecule has 5 nitrogen and oxygen atoms in total. The third-order valence-electron chi connectivity index (χ3n) is 3.53. The number of carbonyl (C=O) groups excluding carboxylic acids is 1. The van der Waals surface area contributed by atoms with Crippen LogP contribution in [0, 0.1) is 0 Å². The zero-order valence-electron chi connectivity index (χ0n) is 13.8. The van der Waals surface area contributed by atoms with E-state index in [4.69, 9.17) is 11.7 Å². The van der Waals surface area contributed by atoms with Crippen molar-refractivity contribution in [2.24, 2.45) is 16.8 Å². The van der Waals surface area contributed by atoms with Crippen LogP contribution in [0.1, 0.15) is 21.5 Å². The molecule has 4 N–H and O–H groups in total. The number of hydrogen-bond donors (Lipinski definition) is 2. The van der Waals surface area contributed by atoms with Crippen LogP contribution in [0.4, 0.5) is 5.69 Å². The fourth-order valence-corrected chi connectivity index (χ4v) is 2.94. The maximum Gasteiger partial charge on any atom is 0.201 e. The summed E-state index contributed by atoms with van der Waals surface area (Å²) in [5.41, 5.74) is 3.12. The van der Waals surface area contributed by atoms with Gasteiger partial charge in [0.1, 0.15) is 0 Å². The van der Waals surface area contributed by atoms with E-state index in [1.54, 1.807) is 24.3 Å². The van der Waals surface area contributed by atoms with E-state index < -0.39 is 0 Å². The largest absolute Gasteiger partial charge is 0.321 e. The van der Waals surface area contributed by atoms with E-state index in [0.717, 1.165) is 16.8 Å². The van der Waals surface area contributed by atoms with E-state index in [2.05, 4.69) is 18.3 Å². The number of hydrazone groups is 1. The lowest BCUT2D eigenvalue weighted by atomic mass is 10.0. The Bertz CT molecular complexity index is 802. The van der Waals surface area contributed by atoms with Crippen molar-refractivity contribution in [2.45, 2.75) is 0 Å². The number of ketones is 1. The van der Waals surface area contributed by atoms with Gasteiger partial charge in [0.05, 0.1) is 11.4 Å². The molecular weight excluding hydrogens is 332 g/mol. The van der Waals surface area contributed by atoms with Crippen LogP contribution in [0.5, 0.6) is 0 Å². The Kier molecular flexibility index (Phi) is 6.56. The molecular formula is C19H20N4OS. The SMILES string of the molecule is C=Cc1ccc(C(=O)CS/C(=N/N)N(N)c2ccccc2)cc1C=C. The van der Waals surface area contributed by atoms with E-state index in [1.165, 1.54) is 16.8 Å². The molecule has 2 aromatic carbocycles. The monoisotopic (exact) mass is 352 g/mol. The van der Waals surface area contributed by atoms with Gasteiger partial charge in [0.2, 0.25) is 5.17 Å². The van der Waals surface area contributed by atoms with E-state index in [0.29, 0.717) is 10.7 Å². The highest BCUT2D eigenvalue weighted by molar-refractivity contribution is 8.14. The van der Waals surface area contributed by atoms with Crippen LogP contribution in [0.3, 0.4) is 0 Å². The molecule has 2 aromatic rings. The second-order valence-corrected chi connectivity index (χ2v) is 6.02. The van der Waals surface area contributed by atoms with Gasteiger partial charge in [0.15, 0.2) is 5.78 Å². The number of carbonyl (C=O) groups is 1. The molecule has 6 heteroatoms. The molecule has 0 aliphatic heterocycles. The lowest BCUT2D eigenvalue weighted by Crippen LogP contribution is -2.36. The van der Waals surface area contributed by atoms with Crippen LogP contribution in [-0.4, -0.2) is 16.7 Å². The number of hydrogen-bond acceptors (Lipinski definition) is 5. The molecule has 25 heavy (non-hydrogen) atoms. The number of rotatable bonds is 6. The van der Waals surface area contributed by atoms with Crippen molar-refractivity contribution in [3.8, 4) is 0 Å². The van der Waals surface area contributed by atoms with E-state index >= 15 is 0 Å². The van der Waals surface area contributed by atoms with Crippen LogP contribution in [-0.2, 0) is 0 Å². The number of anilines is 1. The number of benzene rings is 2. The summed E-state index contributed by atoms with van der Waals surface area (Å²) < 4.78 is 0. The molecule has 0 aliphatic rings. The van der Waals surface area contributed by atoms with Gasteiger partial charge in [-0.3, -0.25) is 9.80 Å². The minimum absolute atomic E-state index is 0.0497. The smallest absolute Gasteiger partial charge is 0.201 e. The Morgan fingerprint density at radius 3 is 2.40 bits per heavy atom. The third kappa shape index (κ3) is 4.59. The summed E-state index contributed by atoms with van der Waals surface area (Å²) in [7, 11) is 0. The average molecular weight is 352 g/mol. The van der Waals surface area contributed by atoms with Crippen LogP contribution in [0.15, 0.2) is 66.8 Å². The summed E-state index contributed by atoms with van der Waals surface area (Å²) in [5.74, 6) is 11.6. The third-order valence-corrected chi connectivity index (χ3v) is 4.50. The Morgan fingerprint density at radius 1 is 1.12 bits per heavy atom. The summed E-state index contributed by atoms with van der Waals surface area (Å²) in [4.78, 5) is 12.5. The van der Waals surface area contributed by atoms with Crippen molar-refractivity contribution >= 4 is 40.6 Å². The first-order valence-corrected chi connectivity index (χ1v) is 8.52. The van der Waals surface area contributed by atoms with Gasteiger partial charge >= 0.3 is 0 Å². The van der Waals surface area contributed by atoms with Crippen molar-refractivity contribution in [2.75, 3.05) is 10.8 Å².